The lowest BCUT2D eigenvalue weighted by atomic mass is 10.1. The van der Waals surface area contributed by atoms with Gasteiger partial charge in [0.1, 0.15) is 0 Å². The van der Waals surface area contributed by atoms with E-state index in [4.69, 9.17) is 11.6 Å². The lowest BCUT2D eigenvalue weighted by molar-refractivity contribution is 0.198. The number of benzene rings is 1. The van der Waals surface area contributed by atoms with E-state index in [1.165, 1.54) is 24.1 Å². The first-order valence-electron chi connectivity index (χ1n) is 6.68. The van der Waals surface area contributed by atoms with E-state index in [0.717, 1.165) is 31.1 Å². The molecule has 98 valence electrons. The minimum Gasteiger partial charge on any atom is -0.391 e. The van der Waals surface area contributed by atoms with Gasteiger partial charge < -0.3 is 15.3 Å². The van der Waals surface area contributed by atoms with Crippen molar-refractivity contribution in [3.8, 4) is 0 Å². The van der Waals surface area contributed by atoms with Crippen LogP contribution in [-0.4, -0.2) is 30.3 Å². The van der Waals surface area contributed by atoms with Gasteiger partial charge in [-0.1, -0.05) is 17.7 Å². The third kappa shape index (κ3) is 2.63. The summed E-state index contributed by atoms with van der Waals surface area (Å²) in [5, 5.41) is 14.0. The second kappa shape index (κ2) is 5.08. The first-order valence-corrected chi connectivity index (χ1v) is 7.05. The minimum absolute atomic E-state index is 0.201. The predicted molar refractivity (Wildman–Crippen MR) is 74.2 cm³/mol. The monoisotopic (exact) mass is 266 g/mol. The van der Waals surface area contributed by atoms with Gasteiger partial charge in [-0.2, -0.15) is 0 Å². The van der Waals surface area contributed by atoms with Crippen LogP contribution in [0.4, 0.5) is 5.69 Å². The first kappa shape index (κ1) is 12.3. The van der Waals surface area contributed by atoms with Crippen LogP contribution in [0.15, 0.2) is 18.2 Å². The van der Waals surface area contributed by atoms with Gasteiger partial charge in [0, 0.05) is 41.9 Å². The van der Waals surface area contributed by atoms with E-state index in [-0.39, 0.29) is 6.10 Å². The van der Waals surface area contributed by atoms with Gasteiger partial charge in [0.25, 0.3) is 0 Å². The Morgan fingerprint density at radius 3 is 2.83 bits per heavy atom. The fourth-order valence-electron chi connectivity index (χ4n) is 2.51. The molecule has 0 aromatic heterocycles. The summed E-state index contributed by atoms with van der Waals surface area (Å²) in [4.78, 5) is 2.24. The van der Waals surface area contributed by atoms with E-state index >= 15 is 0 Å². The van der Waals surface area contributed by atoms with Crippen molar-refractivity contribution in [2.24, 2.45) is 0 Å². The minimum atomic E-state index is -0.201. The van der Waals surface area contributed by atoms with Crippen molar-refractivity contribution in [2.45, 2.75) is 38.0 Å². The Balaban J connectivity index is 1.80. The number of nitrogens with zero attached hydrogens (tertiary/aromatic N) is 1. The molecule has 1 saturated carbocycles. The van der Waals surface area contributed by atoms with Crippen LogP contribution >= 0.6 is 11.6 Å². The highest BCUT2D eigenvalue weighted by Gasteiger charge is 2.25. The zero-order chi connectivity index (χ0) is 12.5. The summed E-state index contributed by atoms with van der Waals surface area (Å²) < 4.78 is 0. The Bertz CT molecular complexity index is 434. The molecule has 1 aromatic rings. The number of hydrogen-bond acceptors (Lipinski definition) is 3. The number of nitrogens with one attached hydrogen (secondary N) is 1. The van der Waals surface area contributed by atoms with Gasteiger partial charge in [-0.15, -0.1) is 0 Å². The van der Waals surface area contributed by atoms with Crippen LogP contribution in [0.5, 0.6) is 0 Å². The lowest BCUT2D eigenvalue weighted by Gasteiger charge is -2.22. The van der Waals surface area contributed by atoms with Gasteiger partial charge in [-0.3, -0.25) is 0 Å². The van der Waals surface area contributed by atoms with Crippen molar-refractivity contribution in [3.63, 3.8) is 0 Å². The summed E-state index contributed by atoms with van der Waals surface area (Å²) in [5.41, 5.74) is 2.34. The Labute approximate surface area is 113 Å². The molecule has 2 N–H and O–H groups in total. The third-order valence-corrected chi connectivity index (χ3v) is 4.10. The molecule has 2 fully saturated rings. The van der Waals surface area contributed by atoms with E-state index in [2.05, 4.69) is 16.3 Å². The normalized spacial score (nSPS) is 23.7. The highest BCUT2D eigenvalue weighted by atomic mass is 35.5. The van der Waals surface area contributed by atoms with Crippen LogP contribution < -0.4 is 10.2 Å². The number of anilines is 1. The van der Waals surface area contributed by atoms with Crippen LogP contribution in [0.2, 0.25) is 5.02 Å². The molecule has 1 saturated heterocycles. The fraction of sp³-hybridized carbons (Fsp3) is 0.571. The zero-order valence-electron chi connectivity index (χ0n) is 10.4. The molecule has 18 heavy (non-hydrogen) atoms. The Kier molecular flexibility index (Phi) is 3.46. The highest BCUT2D eigenvalue weighted by molar-refractivity contribution is 6.31. The number of aliphatic hydroxyl groups is 1. The molecular formula is C14H19ClN2O. The summed E-state index contributed by atoms with van der Waals surface area (Å²) in [6, 6.07) is 6.72. The van der Waals surface area contributed by atoms with Gasteiger partial charge in [0.15, 0.2) is 0 Å². The van der Waals surface area contributed by atoms with Crippen molar-refractivity contribution in [1.29, 1.82) is 0 Å². The quantitative estimate of drug-likeness (QED) is 0.877. The smallest absolute Gasteiger partial charge is 0.0731 e. The molecule has 1 heterocycles. The van der Waals surface area contributed by atoms with Gasteiger partial charge in [-0.05, 0) is 31.4 Å². The highest BCUT2D eigenvalue weighted by Crippen LogP contribution is 2.31. The SMILES string of the molecule is OC1CCN(c2cccc(Cl)c2CNC2CC2)C1. The van der Waals surface area contributed by atoms with Crippen LogP contribution in [0.25, 0.3) is 0 Å². The number of hydrogen-bond donors (Lipinski definition) is 2. The van der Waals surface area contributed by atoms with E-state index in [1.54, 1.807) is 0 Å². The van der Waals surface area contributed by atoms with Crippen molar-refractivity contribution >= 4 is 17.3 Å². The van der Waals surface area contributed by atoms with Crippen molar-refractivity contribution in [3.05, 3.63) is 28.8 Å². The summed E-state index contributed by atoms with van der Waals surface area (Å²) >= 11 is 6.32. The van der Waals surface area contributed by atoms with Crippen molar-refractivity contribution in [1.82, 2.24) is 5.32 Å². The van der Waals surface area contributed by atoms with Crippen molar-refractivity contribution in [2.75, 3.05) is 18.0 Å². The molecule has 0 amide bonds. The van der Waals surface area contributed by atoms with Gasteiger partial charge in [0.2, 0.25) is 0 Å². The molecule has 1 aliphatic carbocycles. The maximum atomic E-state index is 9.66. The van der Waals surface area contributed by atoms with Gasteiger partial charge in [-0.25, -0.2) is 0 Å². The summed E-state index contributed by atoms with van der Waals surface area (Å²) in [5.74, 6) is 0. The number of halogens is 1. The van der Waals surface area contributed by atoms with Crippen LogP contribution in [0.1, 0.15) is 24.8 Å². The average Bonchev–Trinajstić information content (AvgIpc) is 3.08. The number of β-amino-alcohol motifs (C(OH)–C–C–N with tert-alkyl or cyclic N) is 1. The largest absolute Gasteiger partial charge is 0.391 e. The van der Waals surface area contributed by atoms with Gasteiger partial charge >= 0.3 is 0 Å². The van der Waals surface area contributed by atoms with E-state index < -0.39 is 0 Å². The molecule has 2 aliphatic rings. The maximum Gasteiger partial charge on any atom is 0.0731 e. The predicted octanol–water partition coefficient (Wildman–Crippen LogP) is 2.16. The molecule has 1 aromatic carbocycles. The first-order chi connectivity index (χ1) is 8.74. The second-order valence-electron chi connectivity index (χ2n) is 5.28. The molecule has 1 unspecified atom stereocenters. The summed E-state index contributed by atoms with van der Waals surface area (Å²) in [6.07, 6.45) is 3.21. The number of rotatable bonds is 4. The Hall–Kier alpha value is -0.770. The zero-order valence-corrected chi connectivity index (χ0v) is 11.2. The fourth-order valence-corrected chi connectivity index (χ4v) is 2.75. The topological polar surface area (TPSA) is 35.5 Å². The van der Waals surface area contributed by atoms with Crippen LogP contribution in [-0.2, 0) is 6.54 Å². The molecule has 0 radical (unpaired) electrons. The summed E-state index contributed by atoms with van der Waals surface area (Å²) in [7, 11) is 0. The van der Waals surface area contributed by atoms with Crippen LogP contribution in [0.3, 0.4) is 0 Å². The molecule has 1 atom stereocenters. The lowest BCUT2D eigenvalue weighted by Crippen LogP contribution is -2.24. The molecule has 0 bridgehead atoms. The average molecular weight is 267 g/mol. The van der Waals surface area contributed by atoms with E-state index in [9.17, 15) is 5.11 Å². The second-order valence-corrected chi connectivity index (χ2v) is 5.69. The van der Waals surface area contributed by atoms with E-state index in [1.807, 2.05) is 12.1 Å². The number of aliphatic hydroxyl groups excluding tert-OH is 1. The van der Waals surface area contributed by atoms with Gasteiger partial charge in [0.05, 0.1) is 6.10 Å². The molecule has 3 nitrogen and oxygen atoms in total. The molecular weight excluding hydrogens is 248 g/mol. The molecule has 0 spiro atoms. The Morgan fingerprint density at radius 2 is 2.17 bits per heavy atom. The molecule has 3 rings (SSSR count). The summed E-state index contributed by atoms with van der Waals surface area (Å²) in [6.45, 7) is 2.46. The standard InChI is InChI=1S/C14H19ClN2O/c15-13-2-1-3-14(17-7-6-11(18)9-17)12(13)8-16-10-4-5-10/h1-3,10-11,16,18H,4-9H2. The van der Waals surface area contributed by atoms with E-state index in [0.29, 0.717) is 6.04 Å². The maximum absolute atomic E-state index is 9.66. The third-order valence-electron chi connectivity index (χ3n) is 3.74. The van der Waals surface area contributed by atoms with Crippen LogP contribution in [0, 0.1) is 0 Å². The van der Waals surface area contributed by atoms with Crippen molar-refractivity contribution < 1.29 is 5.11 Å². The molecule has 4 heteroatoms. The Morgan fingerprint density at radius 1 is 1.33 bits per heavy atom. The molecule has 1 aliphatic heterocycles.